The van der Waals surface area contributed by atoms with E-state index in [-0.39, 0.29) is 6.09 Å². The lowest BCUT2D eigenvalue weighted by atomic mass is 10.2. The second-order valence-corrected chi connectivity index (χ2v) is 5.17. The Morgan fingerprint density at radius 2 is 2.00 bits per heavy atom. The molecule has 0 radical (unpaired) electrons. The van der Waals surface area contributed by atoms with Gasteiger partial charge in [0.25, 0.3) is 0 Å². The van der Waals surface area contributed by atoms with Gasteiger partial charge in [0, 0.05) is 6.54 Å². The van der Waals surface area contributed by atoms with Gasteiger partial charge in [-0.1, -0.05) is 24.3 Å². The van der Waals surface area contributed by atoms with Gasteiger partial charge in [0.2, 0.25) is 0 Å². The molecule has 0 spiro atoms. The lowest BCUT2D eigenvalue weighted by Crippen LogP contribution is -2.37. The van der Waals surface area contributed by atoms with Gasteiger partial charge >= 0.3 is 6.09 Å². The summed E-state index contributed by atoms with van der Waals surface area (Å²) in [6.07, 6.45) is 1.34. The Kier molecular flexibility index (Phi) is 4.54. The normalized spacial score (nSPS) is 10.9. The van der Waals surface area contributed by atoms with Crippen molar-refractivity contribution < 1.29 is 9.53 Å². The Labute approximate surface area is 109 Å². The highest BCUT2D eigenvalue weighted by Crippen LogP contribution is 2.21. The van der Waals surface area contributed by atoms with Crippen LogP contribution in [0.3, 0.4) is 0 Å². The van der Waals surface area contributed by atoms with Crippen LogP contribution in [0, 0.1) is 6.92 Å². The number of hydrogen-bond acceptors (Lipinski definition) is 2. The molecule has 0 saturated heterocycles. The van der Waals surface area contributed by atoms with Crippen LogP contribution in [0.25, 0.3) is 0 Å². The van der Waals surface area contributed by atoms with Gasteiger partial charge in [-0.2, -0.15) is 0 Å². The summed E-state index contributed by atoms with van der Waals surface area (Å²) in [7, 11) is 0. The van der Waals surface area contributed by atoms with E-state index in [0.717, 1.165) is 11.3 Å². The van der Waals surface area contributed by atoms with Crippen LogP contribution >= 0.6 is 0 Å². The van der Waals surface area contributed by atoms with E-state index >= 15 is 0 Å². The third-order valence-electron chi connectivity index (χ3n) is 2.33. The predicted molar refractivity (Wildman–Crippen MR) is 75.0 cm³/mol. The van der Waals surface area contributed by atoms with Crippen LogP contribution in [-0.4, -0.2) is 18.2 Å². The number of hydrogen-bond donors (Lipinski definition) is 0. The number of para-hydroxylation sites is 1. The molecule has 18 heavy (non-hydrogen) atoms. The van der Waals surface area contributed by atoms with Crippen molar-refractivity contribution in [3.05, 3.63) is 42.5 Å². The van der Waals surface area contributed by atoms with Gasteiger partial charge < -0.3 is 4.74 Å². The van der Waals surface area contributed by atoms with Gasteiger partial charge in [0.05, 0.1) is 5.69 Å². The third kappa shape index (κ3) is 3.91. The molecule has 0 aliphatic carbocycles. The molecule has 0 heterocycles. The van der Waals surface area contributed by atoms with Crippen molar-refractivity contribution in [3.63, 3.8) is 0 Å². The standard InChI is InChI=1S/C15H21NO2/c1-6-11-16(14(17)18-15(3,4)5)13-10-8-7-9-12(13)2/h6-10H,1,11H2,2-5H3. The molecule has 1 aromatic rings. The summed E-state index contributed by atoms with van der Waals surface area (Å²) < 4.78 is 5.40. The van der Waals surface area contributed by atoms with E-state index in [2.05, 4.69) is 6.58 Å². The van der Waals surface area contributed by atoms with Crippen molar-refractivity contribution in [2.24, 2.45) is 0 Å². The monoisotopic (exact) mass is 247 g/mol. The first-order valence-corrected chi connectivity index (χ1v) is 6.02. The molecule has 1 aromatic carbocycles. The van der Waals surface area contributed by atoms with E-state index < -0.39 is 5.60 Å². The number of carbonyl (C=O) groups is 1. The van der Waals surface area contributed by atoms with Crippen LogP contribution in [0.2, 0.25) is 0 Å². The quantitative estimate of drug-likeness (QED) is 0.757. The molecule has 98 valence electrons. The van der Waals surface area contributed by atoms with E-state index in [4.69, 9.17) is 4.74 Å². The van der Waals surface area contributed by atoms with Gasteiger partial charge in [0.1, 0.15) is 5.60 Å². The summed E-state index contributed by atoms with van der Waals surface area (Å²) in [5.41, 5.74) is 1.39. The Bertz CT molecular complexity index is 432. The fourth-order valence-corrected chi connectivity index (χ4v) is 1.58. The van der Waals surface area contributed by atoms with E-state index in [1.807, 2.05) is 52.0 Å². The number of rotatable bonds is 3. The minimum atomic E-state index is -0.501. The topological polar surface area (TPSA) is 29.5 Å². The zero-order valence-corrected chi connectivity index (χ0v) is 11.6. The SMILES string of the molecule is C=CCN(C(=O)OC(C)(C)C)c1ccccc1C. The number of anilines is 1. The summed E-state index contributed by atoms with van der Waals surface area (Å²) >= 11 is 0. The molecule has 0 aromatic heterocycles. The van der Waals surface area contributed by atoms with Gasteiger partial charge in [-0.25, -0.2) is 4.79 Å². The summed E-state index contributed by atoms with van der Waals surface area (Å²) in [5.74, 6) is 0. The molecule has 0 unspecified atom stereocenters. The van der Waals surface area contributed by atoms with Crippen molar-refractivity contribution in [2.45, 2.75) is 33.3 Å². The molecule has 0 fully saturated rings. The molecule has 0 aliphatic heterocycles. The number of benzene rings is 1. The maximum atomic E-state index is 12.2. The average molecular weight is 247 g/mol. The van der Waals surface area contributed by atoms with E-state index in [1.165, 1.54) is 0 Å². The predicted octanol–water partition coefficient (Wildman–Crippen LogP) is 3.92. The smallest absolute Gasteiger partial charge is 0.415 e. The lowest BCUT2D eigenvalue weighted by molar-refractivity contribution is 0.0584. The maximum absolute atomic E-state index is 12.2. The van der Waals surface area contributed by atoms with Crippen LogP contribution in [0.15, 0.2) is 36.9 Å². The molecule has 3 nitrogen and oxygen atoms in total. The summed E-state index contributed by atoms with van der Waals surface area (Å²) in [4.78, 5) is 13.7. The highest BCUT2D eigenvalue weighted by molar-refractivity contribution is 5.89. The summed E-state index contributed by atoms with van der Waals surface area (Å²) in [6.45, 7) is 11.7. The van der Waals surface area contributed by atoms with Crippen LogP contribution in [0.5, 0.6) is 0 Å². The Morgan fingerprint density at radius 1 is 1.39 bits per heavy atom. The van der Waals surface area contributed by atoms with Crippen molar-refractivity contribution in [3.8, 4) is 0 Å². The first-order valence-electron chi connectivity index (χ1n) is 6.02. The molecular formula is C15H21NO2. The number of amides is 1. The molecule has 0 N–H and O–H groups in total. The highest BCUT2D eigenvalue weighted by atomic mass is 16.6. The number of carbonyl (C=O) groups excluding carboxylic acids is 1. The number of ether oxygens (including phenoxy) is 1. The van der Waals surface area contributed by atoms with Crippen molar-refractivity contribution >= 4 is 11.8 Å². The van der Waals surface area contributed by atoms with Crippen molar-refractivity contribution in [2.75, 3.05) is 11.4 Å². The molecule has 0 bridgehead atoms. The van der Waals surface area contributed by atoms with Crippen molar-refractivity contribution in [1.29, 1.82) is 0 Å². The Morgan fingerprint density at radius 3 is 2.50 bits per heavy atom. The molecular weight excluding hydrogens is 226 g/mol. The third-order valence-corrected chi connectivity index (χ3v) is 2.33. The van der Waals surface area contributed by atoms with Crippen LogP contribution in [0.1, 0.15) is 26.3 Å². The van der Waals surface area contributed by atoms with Gasteiger partial charge in [0.15, 0.2) is 0 Å². The molecule has 0 atom stereocenters. The number of nitrogens with zero attached hydrogens (tertiary/aromatic N) is 1. The van der Waals surface area contributed by atoms with Crippen LogP contribution < -0.4 is 4.90 Å². The maximum Gasteiger partial charge on any atom is 0.415 e. The van der Waals surface area contributed by atoms with Crippen LogP contribution in [0.4, 0.5) is 10.5 Å². The second-order valence-electron chi connectivity index (χ2n) is 5.17. The summed E-state index contributed by atoms with van der Waals surface area (Å²) in [6, 6.07) is 7.72. The zero-order chi connectivity index (χ0) is 13.8. The van der Waals surface area contributed by atoms with Crippen molar-refractivity contribution in [1.82, 2.24) is 0 Å². The van der Waals surface area contributed by atoms with Gasteiger partial charge in [-0.15, -0.1) is 6.58 Å². The number of aryl methyl sites for hydroxylation is 1. The Balaban J connectivity index is 3.00. The zero-order valence-electron chi connectivity index (χ0n) is 11.6. The molecule has 0 aliphatic rings. The van der Waals surface area contributed by atoms with Crippen LogP contribution in [-0.2, 0) is 4.74 Å². The molecule has 1 amide bonds. The first kappa shape index (κ1) is 14.3. The largest absolute Gasteiger partial charge is 0.443 e. The van der Waals surface area contributed by atoms with E-state index in [0.29, 0.717) is 6.54 Å². The molecule has 3 heteroatoms. The Hall–Kier alpha value is -1.77. The summed E-state index contributed by atoms with van der Waals surface area (Å²) in [5, 5.41) is 0. The first-order chi connectivity index (χ1) is 8.35. The lowest BCUT2D eigenvalue weighted by Gasteiger charge is -2.27. The second kappa shape index (κ2) is 5.71. The fourth-order valence-electron chi connectivity index (χ4n) is 1.58. The molecule has 0 saturated carbocycles. The minimum absolute atomic E-state index is 0.350. The molecule has 1 rings (SSSR count). The van der Waals surface area contributed by atoms with E-state index in [1.54, 1.807) is 11.0 Å². The minimum Gasteiger partial charge on any atom is -0.443 e. The average Bonchev–Trinajstić information content (AvgIpc) is 2.24. The van der Waals surface area contributed by atoms with Gasteiger partial charge in [-0.3, -0.25) is 4.90 Å². The van der Waals surface area contributed by atoms with E-state index in [9.17, 15) is 4.79 Å². The van der Waals surface area contributed by atoms with Gasteiger partial charge in [-0.05, 0) is 39.3 Å². The fraction of sp³-hybridized carbons (Fsp3) is 0.400. The highest BCUT2D eigenvalue weighted by Gasteiger charge is 2.23.